The third-order valence-electron chi connectivity index (χ3n) is 9.06. The molecule has 0 spiro atoms. The van der Waals surface area contributed by atoms with Crippen LogP contribution in [0.15, 0.2) is 24.3 Å². The van der Waals surface area contributed by atoms with Crippen molar-refractivity contribution in [2.24, 2.45) is 11.8 Å². The van der Waals surface area contributed by atoms with Crippen molar-refractivity contribution in [2.45, 2.75) is 39.5 Å². The molecule has 2 aromatic rings. The maximum atomic E-state index is 13.0. The third-order valence-corrected chi connectivity index (χ3v) is 9.06. The van der Waals surface area contributed by atoms with Crippen LogP contribution in [0.5, 0.6) is 11.5 Å². The molecule has 1 fully saturated rings. The molecule has 12 heteroatoms. The maximum Gasteiger partial charge on any atom is 0.316 e. The van der Waals surface area contributed by atoms with Crippen LogP contribution in [0.1, 0.15) is 37.8 Å². The molecular formula is C32H40N4O8. The van der Waals surface area contributed by atoms with E-state index < -0.39 is 35.6 Å². The monoisotopic (exact) mass is 608 g/mol. The molecule has 44 heavy (non-hydrogen) atoms. The number of aliphatic carboxylic acids is 2. The molecular weight excluding hydrogens is 568 g/mol. The number of anilines is 4. The van der Waals surface area contributed by atoms with Gasteiger partial charge in [-0.25, -0.2) is 0 Å². The quantitative estimate of drug-likeness (QED) is 0.430. The van der Waals surface area contributed by atoms with Crippen molar-refractivity contribution in [3.8, 4) is 11.5 Å². The summed E-state index contributed by atoms with van der Waals surface area (Å²) in [5.74, 6) is -3.91. The number of hydrogen-bond donors (Lipinski definition) is 2. The SMILES string of the molecule is CCN1C(=O)C(C(=O)O)CCc2cc(N3CCN(c4cc5c(cc4OC)N(CC)C(=O)C(C(=O)O)CC5)CC3)c(OC)cc21. The number of carboxylic acid groups (broad SMARTS) is 2. The van der Waals surface area contributed by atoms with E-state index in [1.807, 2.05) is 38.1 Å². The van der Waals surface area contributed by atoms with E-state index >= 15 is 0 Å². The Morgan fingerprint density at radius 1 is 0.682 bits per heavy atom. The minimum atomic E-state index is -1.10. The maximum absolute atomic E-state index is 13.0. The number of aryl methyl sites for hydroxylation is 2. The number of hydrogen-bond acceptors (Lipinski definition) is 8. The number of carboxylic acids is 2. The number of fused-ring (bicyclic) bond motifs is 2. The largest absolute Gasteiger partial charge is 0.495 e. The van der Waals surface area contributed by atoms with E-state index in [1.54, 1.807) is 24.0 Å². The predicted octanol–water partition coefficient (Wildman–Crippen LogP) is 3.03. The van der Waals surface area contributed by atoms with E-state index in [1.165, 1.54) is 0 Å². The van der Waals surface area contributed by atoms with E-state index in [9.17, 15) is 29.4 Å². The van der Waals surface area contributed by atoms with Gasteiger partial charge in [0, 0.05) is 51.4 Å². The molecule has 0 aromatic heterocycles. The summed E-state index contributed by atoms with van der Waals surface area (Å²) in [5, 5.41) is 19.3. The molecule has 2 unspecified atom stereocenters. The van der Waals surface area contributed by atoms with Gasteiger partial charge in [0.1, 0.15) is 23.3 Å². The lowest BCUT2D eigenvalue weighted by Crippen LogP contribution is -2.47. The highest BCUT2D eigenvalue weighted by atomic mass is 16.5. The Kier molecular flexibility index (Phi) is 8.89. The second kappa shape index (κ2) is 12.6. The summed E-state index contributed by atoms with van der Waals surface area (Å²) in [5.41, 5.74) is 5.02. The molecule has 0 saturated carbocycles. The Hall–Kier alpha value is -4.48. The van der Waals surface area contributed by atoms with Crippen LogP contribution < -0.4 is 29.1 Å². The van der Waals surface area contributed by atoms with Crippen LogP contribution >= 0.6 is 0 Å². The van der Waals surface area contributed by atoms with Gasteiger partial charge in [-0.1, -0.05) is 0 Å². The third kappa shape index (κ3) is 5.48. The minimum absolute atomic E-state index is 0.240. The first-order valence-corrected chi connectivity index (χ1v) is 15.1. The molecule has 2 amide bonds. The lowest BCUT2D eigenvalue weighted by Gasteiger charge is -2.39. The highest BCUT2D eigenvalue weighted by molar-refractivity contribution is 6.07. The van der Waals surface area contributed by atoms with Crippen molar-refractivity contribution in [1.82, 2.24) is 0 Å². The first kappa shape index (κ1) is 31.0. The van der Waals surface area contributed by atoms with Crippen molar-refractivity contribution in [3.63, 3.8) is 0 Å². The fourth-order valence-electron chi connectivity index (χ4n) is 6.69. The van der Waals surface area contributed by atoms with Crippen molar-refractivity contribution in [3.05, 3.63) is 35.4 Å². The summed E-state index contributed by atoms with van der Waals surface area (Å²) in [6.45, 7) is 7.08. The van der Waals surface area contributed by atoms with Gasteiger partial charge in [0.2, 0.25) is 11.8 Å². The fourth-order valence-corrected chi connectivity index (χ4v) is 6.69. The molecule has 2 atom stereocenters. The Bertz CT molecular complexity index is 1360. The Balaban J connectivity index is 1.40. The molecule has 5 rings (SSSR count). The van der Waals surface area contributed by atoms with Gasteiger partial charge in [-0.3, -0.25) is 19.2 Å². The second-order valence-electron chi connectivity index (χ2n) is 11.3. The molecule has 3 heterocycles. The van der Waals surface area contributed by atoms with Gasteiger partial charge in [-0.05, 0) is 62.8 Å². The topological polar surface area (TPSA) is 140 Å². The predicted molar refractivity (Wildman–Crippen MR) is 165 cm³/mol. The average Bonchev–Trinajstić information content (AvgIpc) is 3.25. The second-order valence-corrected chi connectivity index (χ2v) is 11.3. The number of rotatable bonds is 8. The lowest BCUT2D eigenvalue weighted by molar-refractivity contribution is -0.148. The van der Waals surface area contributed by atoms with Gasteiger partial charge in [0.15, 0.2) is 0 Å². The summed E-state index contributed by atoms with van der Waals surface area (Å²) < 4.78 is 11.6. The fraction of sp³-hybridized carbons (Fsp3) is 0.500. The zero-order valence-corrected chi connectivity index (χ0v) is 25.7. The van der Waals surface area contributed by atoms with Crippen molar-refractivity contribution in [1.29, 1.82) is 0 Å². The van der Waals surface area contributed by atoms with Gasteiger partial charge in [0.25, 0.3) is 0 Å². The van der Waals surface area contributed by atoms with Crippen molar-refractivity contribution >= 4 is 46.5 Å². The number of nitrogens with zero attached hydrogens (tertiary/aromatic N) is 4. The number of piperazine rings is 1. The summed E-state index contributed by atoms with van der Waals surface area (Å²) in [7, 11) is 3.19. The molecule has 236 valence electrons. The number of methoxy groups -OCH3 is 2. The summed E-state index contributed by atoms with van der Waals surface area (Å²) in [6.07, 6.45) is 1.42. The van der Waals surface area contributed by atoms with E-state index in [2.05, 4.69) is 9.80 Å². The van der Waals surface area contributed by atoms with E-state index in [0.29, 0.717) is 75.0 Å². The normalized spacial score (nSPS) is 20.5. The summed E-state index contributed by atoms with van der Waals surface area (Å²) >= 11 is 0. The average molecular weight is 609 g/mol. The summed E-state index contributed by atoms with van der Waals surface area (Å²) in [4.78, 5) is 57.2. The Morgan fingerprint density at radius 3 is 1.34 bits per heavy atom. The van der Waals surface area contributed by atoms with Crippen LogP contribution in [0, 0.1) is 11.8 Å². The zero-order chi connectivity index (χ0) is 31.7. The molecule has 12 nitrogen and oxygen atoms in total. The van der Waals surface area contributed by atoms with Gasteiger partial charge in [0.05, 0.1) is 37.0 Å². The zero-order valence-electron chi connectivity index (χ0n) is 25.7. The van der Waals surface area contributed by atoms with Crippen LogP contribution in [-0.4, -0.2) is 87.5 Å². The van der Waals surface area contributed by atoms with E-state index in [0.717, 1.165) is 22.5 Å². The van der Waals surface area contributed by atoms with Crippen molar-refractivity contribution in [2.75, 3.05) is 73.1 Å². The molecule has 0 radical (unpaired) electrons. The van der Waals surface area contributed by atoms with Crippen LogP contribution in [0.3, 0.4) is 0 Å². The number of carbonyl (C=O) groups is 4. The van der Waals surface area contributed by atoms with Gasteiger partial charge >= 0.3 is 11.9 Å². The number of amides is 2. The number of ether oxygens (including phenoxy) is 2. The molecule has 3 aliphatic heterocycles. The molecule has 0 bridgehead atoms. The molecule has 3 aliphatic rings. The van der Waals surface area contributed by atoms with Crippen LogP contribution in [0.4, 0.5) is 22.7 Å². The first-order valence-electron chi connectivity index (χ1n) is 15.1. The summed E-state index contributed by atoms with van der Waals surface area (Å²) in [6, 6.07) is 7.76. The molecule has 1 saturated heterocycles. The number of carbonyl (C=O) groups excluding carboxylic acids is 2. The highest BCUT2D eigenvalue weighted by Gasteiger charge is 2.37. The smallest absolute Gasteiger partial charge is 0.316 e. The van der Waals surface area contributed by atoms with Gasteiger partial charge in [-0.15, -0.1) is 0 Å². The highest BCUT2D eigenvalue weighted by Crippen LogP contribution is 2.42. The molecule has 2 aromatic carbocycles. The van der Waals surface area contributed by atoms with Crippen LogP contribution in [0.2, 0.25) is 0 Å². The van der Waals surface area contributed by atoms with E-state index in [-0.39, 0.29) is 12.8 Å². The molecule has 0 aliphatic carbocycles. The minimum Gasteiger partial charge on any atom is -0.495 e. The van der Waals surface area contributed by atoms with Gasteiger partial charge < -0.3 is 39.3 Å². The lowest BCUT2D eigenvalue weighted by atomic mass is 9.99. The first-order chi connectivity index (χ1) is 21.1. The number of benzene rings is 2. The standard InChI is InChI=1S/C32H40N4O8/c1-5-35-23-17-27(43-3)25(15-19(23)7-9-21(29(35)37)31(39)40)33-11-13-34(14-12-33)26-16-20-8-10-22(32(41)42)30(38)36(6-2)24(20)18-28(26)44-4/h15-18,21-22H,5-14H2,1-4H3,(H,39,40)(H,41,42). The van der Waals surface area contributed by atoms with E-state index in [4.69, 9.17) is 9.47 Å². The van der Waals surface area contributed by atoms with Crippen molar-refractivity contribution < 1.29 is 38.9 Å². The van der Waals surface area contributed by atoms with Gasteiger partial charge in [-0.2, -0.15) is 0 Å². The van der Waals surface area contributed by atoms with Crippen LogP contribution in [0.25, 0.3) is 0 Å². The molecule has 2 N–H and O–H groups in total. The Labute approximate surface area is 256 Å². The van der Waals surface area contributed by atoms with Crippen LogP contribution in [-0.2, 0) is 32.0 Å². The Morgan fingerprint density at radius 2 is 1.05 bits per heavy atom.